The van der Waals surface area contributed by atoms with Crippen molar-refractivity contribution in [3.63, 3.8) is 0 Å². The lowest BCUT2D eigenvalue weighted by molar-refractivity contribution is 0.310. The van der Waals surface area contributed by atoms with Crippen molar-refractivity contribution in [1.29, 1.82) is 0 Å². The van der Waals surface area contributed by atoms with Crippen LogP contribution < -0.4 is 11.1 Å². The monoisotopic (exact) mass is 140 g/mol. The Labute approximate surface area is 62.5 Å². The number of allylic oxidation sites excluding steroid dienone is 1. The number of piperidine rings is 1. The van der Waals surface area contributed by atoms with Crippen LogP contribution >= 0.6 is 0 Å². The molecule has 1 heterocycles. The highest BCUT2D eigenvalue weighted by Gasteiger charge is 2.21. The molecule has 0 saturated carbocycles. The lowest BCUT2D eigenvalue weighted by Gasteiger charge is -2.29. The molecule has 1 unspecified atom stereocenters. The average molecular weight is 140 g/mol. The predicted molar refractivity (Wildman–Crippen MR) is 43.5 cm³/mol. The summed E-state index contributed by atoms with van der Waals surface area (Å²) in [6.07, 6.45) is 1.15. The summed E-state index contributed by atoms with van der Waals surface area (Å²) in [5.41, 5.74) is 6.49. The molecule has 2 atom stereocenters. The molecule has 0 aliphatic carbocycles. The Morgan fingerprint density at radius 3 is 2.80 bits per heavy atom. The second-order valence-electron chi connectivity index (χ2n) is 3.15. The van der Waals surface area contributed by atoms with Crippen LogP contribution in [0, 0.1) is 11.8 Å². The Morgan fingerprint density at radius 1 is 1.70 bits per heavy atom. The molecule has 1 rings (SSSR count). The molecule has 2 heteroatoms. The summed E-state index contributed by atoms with van der Waals surface area (Å²) in [4.78, 5) is 0. The van der Waals surface area contributed by atoms with E-state index in [0.717, 1.165) is 25.2 Å². The van der Waals surface area contributed by atoms with Crippen LogP contribution in [-0.2, 0) is 0 Å². The van der Waals surface area contributed by atoms with E-state index < -0.39 is 0 Å². The van der Waals surface area contributed by atoms with Crippen molar-refractivity contribution in [2.24, 2.45) is 17.6 Å². The maximum absolute atomic E-state index is 5.64. The normalized spacial score (nSPS) is 33.7. The third kappa shape index (κ3) is 1.51. The number of nitrogens with two attached hydrogens (primary N) is 1. The van der Waals surface area contributed by atoms with Gasteiger partial charge in [-0.2, -0.15) is 0 Å². The first kappa shape index (κ1) is 7.61. The minimum Gasteiger partial charge on any atom is -0.402 e. The zero-order valence-corrected chi connectivity index (χ0v) is 6.56. The standard InChI is InChI=1S/C8H16N2/c1-6-5-10-4-3-8(6)7(2)9/h6,8,10H,2-5,9H2,1H3/t6-,8?/m0/s1. The van der Waals surface area contributed by atoms with E-state index in [2.05, 4.69) is 18.8 Å². The molecule has 0 spiro atoms. The van der Waals surface area contributed by atoms with Crippen molar-refractivity contribution >= 4 is 0 Å². The fourth-order valence-electron chi connectivity index (χ4n) is 1.56. The molecule has 10 heavy (non-hydrogen) atoms. The second-order valence-corrected chi connectivity index (χ2v) is 3.15. The van der Waals surface area contributed by atoms with E-state index in [1.165, 1.54) is 0 Å². The van der Waals surface area contributed by atoms with Crippen LogP contribution in [0.15, 0.2) is 12.3 Å². The van der Waals surface area contributed by atoms with Gasteiger partial charge in [-0.25, -0.2) is 0 Å². The number of hydrogen-bond acceptors (Lipinski definition) is 2. The summed E-state index contributed by atoms with van der Waals surface area (Å²) in [7, 11) is 0. The topological polar surface area (TPSA) is 38.0 Å². The van der Waals surface area contributed by atoms with Gasteiger partial charge in [0.25, 0.3) is 0 Å². The average Bonchev–Trinajstić information content (AvgIpc) is 1.88. The van der Waals surface area contributed by atoms with Crippen LogP contribution in [0.2, 0.25) is 0 Å². The first-order valence-electron chi connectivity index (χ1n) is 3.87. The van der Waals surface area contributed by atoms with E-state index in [9.17, 15) is 0 Å². The number of hydrogen-bond donors (Lipinski definition) is 2. The Hall–Kier alpha value is -0.500. The Bertz CT molecular complexity index is 131. The minimum atomic E-state index is 0.543. The Morgan fingerprint density at radius 2 is 2.40 bits per heavy atom. The zero-order chi connectivity index (χ0) is 7.56. The van der Waals surface area contributed by atoms with Crippen molar-refractivity contribution in [2.45, 2.75) is 13.3 Å². The largest absolute Gasteiger partial charge is 0.402 e. The number of nitrogens with one attached hydrogen (secondary N) is 1. The SMILES string of the molecule is C=C(N)C1CCNC[C@@H]1C. The highest BCUT2D eigenvalue weighted by Crippen LogP contribution is 2.21. The van der Waals surface area contributed by atoms with Crippen molar-refractivity contribution in [1.82, 2.24) is 5.32 Å². The van der Waals surface area contributed by atoms with Crippen molar-refractivity contribution < 1.29 is 0 Å². The Balaban J connectivity index is 2.47. The molecule has 3 N–H and O–H groups in total. The maximum Gasteiger partial charge on any atom is 0.00426 e. The molecule has 0 aromatic heterocycles. The smallest absolute Gasteiger partial charge is 0.00426 e. The summed E-state index contributed by atoms with van der Waals surface area (Å²) >= 11 is 0. The molecule has 58 valence electrons. The van der Waals surface area contributed by atoms with Gasteiger partial charge in [0.05, 0.1) is 0 Å². The molecular formula is C8H16N2. The van der Waals surface area contributed by atoms with Gasteiger partial charge in [0.2, 0.25) is 0 Å². The van der Waals surface area contributed by atoms with Crippen molar-refractivity contribution in [3.8, 4) is 0 Å². The summed E-state index contributed by atoms with van der Waals surface area (Å²) in [5, 5.41) is 3.32. The Kier molecular flexibility index (Phi) is 2.33. The molecule has 0 aromatic rings. The molecule has 0 radical (unpaired) electrons. The molecule has 0 aromatic carbocycles. The van der Waals surface area contributed by atoms with Crippen molar-refractivity contribution in [2.75, 3.05) is 13.1 Å². The molecule has 0 bridgehead atoms. The summed E-state index contributed by atoms with van der Waals surface area (Å²) in [5.74, 6) is 1.20. The summed E-state index contributed by atoms with van der Waals surface area (Å²) < 4.78 is 0. The van der Waals surface area contributed by atoms with Crippen LogP contribution in [0.5, 0.6) is 0 Å². The van der Waals surface area contributed by atoms with Gasteiger partial charge in [-0.1, -0.05) is 13.5 Å². The van der Waals surface area contributed by atoms with Gasteiger partial charge < -0.3 is 11.1 Å². The lowest BCUT2D eigenvalue weighted by atomic mass is 9.86. The van der Waals surface area contributed by atoms with Crippen LogP contribution in [0.3, 0.4) is 0 Å². The highest BCUT2D eigenvalue weighted by atomic mass is 14.9. The molecule has 0 amide bonds. The van der Waals surface area contributed by atoms with Crippen LogP contribution in [0.4, 0.5) is 0 Å². The van der Waals surface area contributed by atoms with Crippen LogP contribution in [-0.4, -0.2) is 13.1 Å². The van der Waals surface area contributed by atoms with Crippen LogP contribution in [0.1, 0.15) is 13.3 Å². The maximum atomic E-state index is 5.64. The van der Waals surface area contributed by atoms with Gasteiger partial charge >= 0.3 is 0 Å². The molecule has 1 saturated heterocycles. The third-order valence-corrected chi connectivity index (χ3v) is 2.26. The third-order valence-electron chi connectivity index (χ3n) is 2.26. The summed E-state index contributed by atoms with van der Waals surface area (Å²) in [6.45, 7) is 8.17. The van der Waals surface area contributed by atoms with Crippen LogP contribution in [0.25, 0.3) is 0 Å². The second kappa shape index (κ2) is 3.06. The molecular weight excluding hydrogens is 124 g/mol. The van der Waals surface area contributed by atoms with Crippen molar-refractivity contribution in [3.05, 3.63) is 12.3 Å². The molecule has 2 nitrogen and oxygen atoms in total. The minimum absolute atomic E-state index is 0.543. The first-order chi connectivity index (χ1) is 4.72. The zero-order valence-electron chi connectivity index (χ0n) is 6.56. The molecule has 1 aliphatic rings. The lowest BCUT2D eigenvalue weighted by Crippen LogP contribution is -2.37. The fraction of sp³-hybridized carbons (Fsp3) is 0.750. The van der Waals surface area contributed by atoms with E-state index in [0.29, 0.717) is 11.8 Å². The molecule has 1 fully saturated rings. The number of rotatable bonds is 1. The van der Waals surface area contributed by atoms with Gasteiger partial charge in [-0.15, -0.1) is 0 Å². The first-order valence-corrected chi connectivity index (χ1v) is 3.87. The quantitative estimate of drug-likeness (QED) is 0.563. The van der Waals surface area contributed by atoms with E-state index in [4.69, 9.17) is 5.73 Å². The van der Waals surface area contributed by atoms with E-state index in [1.807, 2.05) is 0 Å². The van der Waals surface area contributed by atoms with Gasteiger partial charge in [-0.3, -0.25) is 0 Å². The van der Waals surface area contributed by atoms with Gasteiger partial charge in [0, 0.05) is 11.6 Å². The predicted octanol–water partition coefficient (Wildman–Crippen LogP) is 0.704. The highest BCUT2D eigenvalue weighted by molar-refractivity contribution is 4.98. The van der Waals surface area contributed by atoms with E-state index >= 15 is 0 Å². The summed E-state index contributed by atoms with van der Waals surface area (Å²) in [6, 6.07) is 0. The van der Waals surface area contributed by atoms with E-state index in [-0.39, 0.29) is 0 Å². The van der Waals surface area contributed by atoms with Gasteiger partial charge in [0.1, 0.15) is 0 Å². The molecule has 1 aliphatic heterocycles. The van der Waals surface area contributed by atoms with Gasteiger partial charge in [-0.05, 0) is 25.4 Å². The van der Waals surface area contributed by atoms with Gasteiger partial charge in [0.15, 0.2) is 0 Å². The van der Waals surface area contributed by atoms with E-state index in [1.54, 1.807) is 0 Å². The fourth-order valence-corrected chi connectivity index (χ4v) is 1.56.